The van der Waals surface area contributed by atoms with Crippen molar-refractivity contribution in [3.05, 3.63) is 88.9 Å². The summed E-state index contributed by atoms with van der Waals surface area (Å²) in [6, 6.07) is 21.0. The van der Waals surface area contributed by atoms with Crippen molar-refractivity contribution in [2.24, 2.45) is 0 Å². The SMILES string of the molecule is Cc1ccccc1CSCCNC(=O)[C@@H]1CN(S(=O)(=O)c2ccc(Cl)cc2)c2ccccc2O1. The number of rotatable bonds is 8. The molecule has 0 fully saturated rings. The third-order valence-corrected chi connectivity index (χ3v) is 8.55. The van der Waals surface area contributed by atoms with Crippen LogP contribution in [0.5, 0.6) is 5.75 Å². The van der Waals surface area contributed by atoms with Gasteiger partial charge in [-0.1, -0.05) is 48.0 Å². The van der Waals surface area contributed by atoms with Gasteiger partial charge in [0.15, 0.2) is 6.10 Å². The molecule has 1 heterocycles. The summed E-state index contributed by atoms with van der Waals surface area (Å²) in [5, 5.41) is 3.32. The maximum Gasteiger partial charge on any atom is 0.264 e. The van der Waals surface area contributed by atoms with Gasteiger partial charge in [-0.05, 0) is 54.4 Å². The molecular weight excluding hydrogens is 492 g/mol. The van der Waals surface area contributed by atoms with E-state index in [-0.39, 0.29) is 17.3 Å². The molecule has 1 aliphatic heterocycles. The van der Waals surface area contributed by atoms with E-state index in [4.69, 9.17) is 16.3 Å². The van der Waals surface area contributed by atoms with Gasteiger partial charge in [0.05, 0.1) is 17.1 Å². The number of thioether (sulfide) groups is 1. The van der Waals surface area contributed by atoms with Crippen molar-refractivity contribution in [3.63, 3.8) is 0 Å². The molecule has 6 nitrogen and oxygen atoms in total. The number of amides is 1. The molecule has 0 saturated carbocycles. The molecule has 0 unspecified atom stereocenters. The lowest BCUT2D eigenvalue weighted by atomic mass is 10.1. The second-order valence-electron chi connectivity index (χ2n) is 7.83. The van der Waals surface area contributed by atoms with Crippen molar-refractivity contribution in [2.75, 3.05) is 23.1 Å². The Morgan fingerprint density at radius 2 is 1.79 bits per heavy atom. The highest BCUT2D eigenvalue weighted by molar-refractivity contribution is 7.98. The molecule has 0 spiro atoms. The fourth-order valence-electron chi connectivity index (χ4n) is 3.61. The Kier molecular flexibility index (Phi) is 7.70. The maximum atomic E-state index is 13.4. The molecule has 9 heteroatoms. The number of ether oxygens (including phenoxy) is 1. The summed E-state index contributed by atoms with van der Waals surface area (Å²) in [5.74, 6) is 1.60. The highest BCUT2D eigenvalue weighted by Crippen LogP contribution is 2.37. The zero-order chi connectivity index (χ0) is 24.1. The number of nitrogens with zero attached hydrogens (tertiary/aromatic N) is 1. The van der Waals surface area contributed by atoms with Crippen LogP contribution in [0.2, 0.25) is 5.02 Å². The maximum absolute atomic E-state index is 13.4. The first-order chi connectivity index (χ1) is 16.4. The fraction of sp³-hybridized carbons (Fsp3) is 0.240. The van der Waals surface area contributed by atoms with Crippen LogP contribution in [0.1, 0.15) is 11.1 Å². The number of halogens is 1. The third kappa shape index (κ3) is 5.51. The Labute approximate surface area is 209 Å². The van der Waals surface area contributed by atoms with Crippen molar-refractivity contribution in [1.82, 2.24) is 5.32 Å². The Bertz CT molecular complexity index is 1270. The van der Waals surface area contributed by atoms with E-state index in [0.29, 0.717) is 23.0 Å². The van der Waals surface area contributed by atoms with E-state index in [0.717, 1.165) is 11.5 Å². The van der Waals surface area contributed by atoms with Crippen molar-refractivity contribution in [1.29, 1.82) is 0 Å². The number of aryl methyl sites for hydroxylation is 1. The second-order valence-corrected chi connectivity index (χ2v) is 11.2. The van der Waals surface area contributed by atoms with E-state index >= 15 is 0 Å². The number of fused-ring (bicyclic) bond motifs is 1. The number of anilines is 1. The van der Waals surface area contributed by atoms with Gasteiger partial charge in [-0.25, -0.2) is 8.42 Å². The van der Waals surface area contributed by atoms with Gasteiger partial charge in [0, 0.05) is 23.1 Å². The van der Waals surface area contributed by atoms with E-state index in [9.17, 15) is 13.2 Å². The molecule has 0 radical (unpaired) electrons. The highest BCUT2D eigenvalue weighted by atomic mass is 35.5. The van der Waals surface area contributed by atoms with Gasteiger partial charge in [0.1, 0.15) is 5.75 Å². The number of carbonyl (C=O) groups excluding carboxylic acids is 1. The molecule has 1 N–H and O–H groups in total. The van der Waals surface area contributed by atoms with Crippen LogP contribution in [-0.4, -0.2) is 39.3 Å². The van der Waals surface area contributed by atoms with Crippen LogP contribution in [-0.2, 0) is 20.6 Å². The van der Waals surface area contributed by atoms with Gasteiger partial charge in [-0.3, -0.25) is 9.10 Å². The topological polar surface area (TPSA) is 75.7 Å². The van der Waals surface area contributed by atoms with Crippen molar-refractivity contribution in [3.8, 4) is 5.75 Å². The number of para-hydroxylation sites is 2. The average molecular weight is 517 g/mol. The number of nitrogens with one attached hydrogen (secondary N) is 1. The molecule has 34 heavy (non-hydrogen) atoms. The van der Waals surface area contributed by atoms with Crippen LogP contribution in [0.3, 0.4) is 0 Å². The van der Waals surface area contributed by atoms with Gasteiger partial charge in [-0.2, -0.15) is 11.8 Å². The monoisotopic (exact) mass is 516 g/mol. The van der Waals surface area contributed by atoms with Gasteiger partial charge in [-0.15, -0.1) is 0 Å². The van der Waals surface area contributed by atoms with Crippen molar-refractivity contribution in [2.45, 2.75) is 23.7 Å². The molecule has 1 atom stereocenters. The molecule has 4 rings (SSSR count). The number of sulfonamides is 1. The van der Waals surface area contributed by atoms with E-state index in [1.807, 2.05) is 12.1 Å². The van der Waals surface area contributed by atoms with Gasteiger partial charge >= 0.3 is 0 Å². The molecule has 1 aliphatic rings. The summed E-state index contributed by atoms with van der Waals surface area (Å²) >= 11 is 7.65. The first kappa shape index (κ1) is 24.4. The van der Waals surface area contributed by atoms with Crippen LogP contribution in [0.25, 0.3) is 0 Å². The molecule has 0 bridgehead atoms. The predicted molar refractivity (Wildman–Crippen MR) is 137 cm³/mol. The third-order valence-electron chi connectivity index (χ3n) is 5.49. The number of carbonyl (C=O) groups is 1. The quantitative estimate of drug-likeness (QED) is 0.441. The van der Waals surface area contributed by atoms with Crippen molar-refractivity contribution >= 4 is 45.0 Å². The Hall–Kier alpha value is -2.68. The van der Waals surface area contributed by atoms with Crippen LogP contribution >= 0.6 is 23.4 Å². The zero-order valence-electron chi connectivity index (χ0n) is 18.6. The summed E-state index contributed by atoms with van der Waals surface area (Å²) in [5.41, 5.74) is 2.92. The lowest BCUT2D eigenvalue weighted by molar-refractivity contribution is -0.127. The number of hydrogen-bond acceptors (Lipinski definition) is 5. The largest absolute Gasteiger partial charge is 0.476 e. The van der Waals surface area contributed by atoms with Gasteiger partial charge in [0.25, 0.3) is 15.9 Å². The molecule has 0 aliphatic carbocycles. The number of benzene rings is 3. The first-order valence-corrected chi connectivity index (χ1v) is 13.8. The second kappa shape index (κ2) is 10.7. The smallest absolute Gasteiger partial charge is 0.264 e. The summed E-state index contributed by atoms with van der Waals surface area (Å²) in [7, 11) is -3.91. The van der Waals surface area contributed by atoms with E-state index < -0.39 is 16.1 Å². The van der Waals surface area contributed by atoms with E-state index in [1.165, 1.54) is 39.7 Å². The Balaban J connectivity index is 1.41. The summed E-state index contributed by atoms with van der Waals surface area (Å²) in [4.78, 5) is 13.0. The standard InChI is InChI=1S/C25H25ClN2O4S2/c1-18-6-2-3-7-19(18)17-33-15-14-27-25(29)24-16-28(22-8-4-5-9-23(22)32-24)34(30,31)21-12-10-20(26)11-13-21/h2-13,24H,14-17H2,1H3,(H,27,29)/t24-/m0/s1. The molecule has 1 amide bonds. The molecule has 178 valence electrons. The fourth-order valence-corrected chi connectivity index (χ4v) is 6.15. The normalized spacial score (nSPS) is 15.4. The average Bonchev–Trinajstić information content (AvgIpc) is 2.84. The lowest BCUT2D eigenvalue weighted by Gasteiger charge is -2.34. The van der Waals surface area contributed by atoms with Crippen molar-refractivity contribution < 1.29 is 17.9 Å². The van der Waals surface area contributed by atoms with Crippen LogP contribution in [0, 0.1) is 6.92 Å². The minimum Gasteiger partial charge on any atom is -0.476 e. The summed E-state index contributed by atoms with van der Waals surface area (Å²) in [6.45, 7) is 2.42. The van der Waals surface area contributed by atoms with Crippen LogP contribution in [0.4, 0.5) is 5.69 Å². The molecule has 0 saturated heterocycles. The minimum absolute atomic E-state index is 0.0976. The summed E-state index contributed by atoms with van der Waals surface area (Å²) in [6.07, 6.45) is -0.960. The van der Waals surface area contributed by atoms with Gasteiger partial charge < -0.3 is 10.1 Å². The van der Waals surface area contributed by atoms with Crippen LogP contribution in [0.15, 0.2) is 77.7 Å². The molecule has 0 aromatic heterocycles. The first-order valence-electron chi connectivity index (χ1n) is 10.8. The summed E-state index contributed by atoms with van der Waals surface area (Å²) < 4.78 is 33.9. The molecule has 3 aromatic carbocycles. The molecular formula is C25H25ClN2O4S2. The zero-order valence-corrected chi connectivity index (χ0v) is 21.0. The van der Waals surface area contributed by atoms with E-state index in [2.05, 4.69) is 24.4 Å². The predicted octanol–water partition coefficient (Wildman–Crippen LogP) is 4.65. The highest BCUT2D eigenvalue weighted by Gasteiger charge is 2.37. The van der Waals surface area contributed by atoms with E-state index in [1.54, 1.807) is 36.0 Å². The lowest BCUT2D eigenvalue weighted by Crippen LogP contribution is -2.51. The Morgan fingerprint density at radius 3 is 2.56 bits per heavy atom. The Morgan fingerprint density at radius 1 is 1.09 bits per heavy atom. The number of hydrogen-bond donors (Lipinski definition) is 1. The molecule has 3 aromatic rings. The minimum atomic E-state index is -3.91. The van der Waals surface area contributed by atoms with Gasteiger partial charge in [0.2, 0.25) is 0 Å². The van der Waals surface area contributed by atoms with Crippen LogP contribution < -0.4 is 14.4 Å².